The van der Waals surface area contributed by atoms with Crippen LogP contribution < -0.4 is 10.6 Å². The summed E-state index contributed by atoms with van der Waals surface area (Å²) in [6.07, 6.45) is 0. The molecule has 0 saturated carbocycles. The van der Waals surface area contributed by atoms with Crippen LogP contribution >= 0.6 is 39.9 Å². The van der Waals surface area contributed by atoms with Gasteiger partial charge >= 0.3 is 0 Å². The maximum absolute atomic E-state index is 13.7. The van der Waals surface area contributed by atoms with Crippen molar-refractivity contribution in [3.63, 3.8) is 0 Å². The molecule has 2 nitrogen and oxygen atoms in total. The molecule has 0 aromatic heterocycles. The molecule has 0 amide bonds. The Bertz CT molecular complexity index is 623. The van der Waals surface area contributed by atoms with Gasteiger partial charge in [0, 0.05) is 22.5 Å². The second-order valence-electron chi connectivity index (χ2n) is 4.54. The quantitative estimate of drug-likeness (QED) is 0.538. The Kier molecular flexibility index (Phi) is 7.15. The second-order valence-corrected chi connectivity index (χ2v) is 6.97. The molecule has 2 aromatic carbocycles. The van der Waals surface area contributed by atoms with Gasteiger partial charge in [0.05, 0.1) is 5.69 Å². The minimum Gasteiger partial charge on any atom is -0.362 e. The van der Waals surface area contributed by atoms with E-state index in [1.807, 2.05) is 30.0 Å². The lowest BCUT2D eigenvalue weighted by Gasteiger charge is -2.11. The van der Waals surface area contributed by atoms with Crippen LogP contribution in [0.2, 0.25) is 0 Å². The molecule has 0 spiro atoms. The van der Waals surface area contributed by atoms with Crippen molar-refractivity contribution in [2.24, 2.45) is 0 Å². The number of thioether (sulfide) groups is 1. The first kappa shape index (κ1) is 17.2. The van der Waals surface area contributed by atoms with Crippen LogP contribution in [0.1, 0.15) is 5.56 Å². The molecular weight excluding hydrogens is 383 g/mol. The first-order valence-corrected chi connectivity index (χ1v) is 9.12. The van der Waals surface area contributed by atoms with Gasteiger partial charge in [-0.1, -0.05) is 46.3 Å². The van der Waals surface area contributed by atoms with E-state index in [1.165, 1.54) is 11.6 Å². The Morgan fingerprint density at radius 2 is 1.95 bits per heavy atom. The molecule has 0 atom stereocenters. The minimum atomic E-state index is -0.336. The highest BCUT2D eigenvalue weighted by Crippen LogP contribution is 2.19. The largest absolute Gasteiger partial charge is 0.362 e. The van der Waals surface area contributed by atoms with Gasteiger partial charge in [-0.25, -0.2) is 4.39 Å². The number of halogens is 2. The van der Waals surface area contributed by atoms with Gasteiger partial charge in [0.15, 0.2) is 5.11 Å². The average Bonchev–Trinajstić information content (AvgIpc) is 2.51. The minimum absolute atomic E-state index is 0.336. The third-order valence-corrected chi connectivity index (χ3v) is 4.59. The number of hydrogen-bond donors (Lipinski definition) is 2. The SMILES string of the molecule is Fc1cc(Br)ccc1NC(=S)NCCSCc1ccccc1. The molecule has 0 aliphatic rings. The molecule has 0 saturated heterocycles. The Morgan fingerprint density at radius 3 is 2.68 bits per heavy atom. The fraction of sp³-hybridized carbons (Fsp3) is 0.188. The van der Waals surface area contributed by atoms with Crippen LogP contribution in [-0.4, -0.2) is 17.4 Å². The van der Waals surface area contributed by atoms with Crippen molar-refractivity contribution >= 4 is 50.7 Å². The lowest BCUT2D eigenvalue weighted by molar-refractivity contribution is 0.631. The van der Waals surface area contributed by atoms with E-state index in [2.05, 4.69) is 38.7 Å². The lowest BCUT2D eigenvalue weighted by Crippen LogP contribution is -2.30. The predicted octanol–water partition coefficient (Wildman–Crippen LogP) is 4.81. The summed E-state index contributed by atoms with van der Waals surface area (Å²) in [6, 6.07) is 15.1. The van der Waals surface area contributed by atoms with Crippen LogP contribution in [-0.2, 0) is 5.75 Å². The number of thiocarbonyl (C=S) groups is 1. The van der Waals surface area contributed by atoms with E-state index in [0.717, 1.165) is 18.1 Å². The van der Waals surface area contributed by atoms with Gasteiger partial charge in [-0.2, -0.15) is 11.8 Å². The average molecular weight is 399 g/mol. The number of anilines is 1. The van der Waals surface area contributed by atoms with Gasteiger partial charge in [-0.3, -0.25) is 0 Å². The van der Waals surface area contributed by atoms with Crippen LogP contribution in [0.3, 0.4) is 0 Å². The van der Waals surface area contributed by atoms with E-state index in [9.17, 15) is 4.39 Å². The van der Waals surface area contributed by atoms with Gasteiger partial charge in [-0.05, 0) is 36.0 Å². The molecule has 0 radical (unpaired) electrons. The summed E-state index contributed by atoms with van der Waals surface area (Å²) >= 11 is 10.2. The van der Waals surface area contributed by atoms with Crippen LogP contribution in [0, 0.1) is 5.82 Å². The van der Waals surface area contributed by atoms with E-state index in [0.29, 0.717) is 15.3 Å². The molecule has 2 N–H and O–H groups in total. The molecule has 22 heavy (non-hydrogen) atoms. The smallest absolute Gasteiger partial charge is 0.170 e. The number of hydrogen-bond acceptors (Lipinski definition) is 2. The molecular formula is C16H16BrFN2S2. The van der Waals surface area contributed by atoms with Crippen molar-refractivity contribution in [3.05, 3.63) is 64.4 Å². The van der Waals surface area contributed by atoms with Crippen LogP contribution in [0.15, 0.2) is 53.0 Å². The Balaban J connectivity index is 1.65. The summed E-state index contributed by atoms with van der Waals surface area (Å²) in [7, 11) is 0. The molecule has 0 aliphatic heterocycles. The molecule has 0 aliphatic carbocycles. The van der Waals surface area contributed by atoms with Crippen LogP contribution in [0.25, 0.3) is 0 Å². The van der Waals surface area contributed by atoms with E-state index in [4.69, 9.17) is 12.2 Å². The molecule has 116 valence electrons. The fourth-order valence-electron chi connectivity index (χ4n) is 1.76. The van der Waals surface area contributed by atoms with Crippen molar-refractivity contribution in [2.45, 2.75) is 5.75 Å². The summed E-state index contributed by atoms with van der Waals surface area (Å²) in [5.41, 5.74) is 1.68. The van der Waals surface area contributed by atoms with Crippen molar-refractivity contribution < 1.29 is 4.39 Å². The molecule has 6 heteroatoms. The molecule has 2 aromatic rings. The number of rotatable bonds is 6. The molecule has 0 heterocycles. The van der Waals surface area contributed by atoms with Gasteiger partial charge in [0.1, 0.15) is 5.82 Å². The van der Waals surface area contributed by atoms with Crippen molar-refractivity contribution in [2.75, 3.05) is 17.6 Å². The topological polar surface area (TPSA) is 24.1 Å². The zero-order valence-electron chi connectivity index (χ0n) is 11.8. The van der Waals surface area contributed by atoms with Crippen molar-refractivity contribution in [3.8, 4) is 0 Å². The predicted molar refractivity (Wildman–Crippen MR) is 101 cm³/mol. The van der Waals surface area contributed by atoms with Crippen molar-refractivity contribution in [1.29, 1.82) is 0 Å². The van der Waals surface area contributed by atoms with Gasteiger partial charge in [0.2, 0.25) is 0 Å². The summed E-state index contributed by atoms with van der Waals surface area (Å²) < 4.78 is 14.4. The first-order valence-electron chi connectivity index (χ1n) is 6.77. The highest BCUT2D eigenvalue weighted by Gasteiger charge is 2.04. The monoisotopic (exact) mass is 398 g/mol. The second kappa shape index (κ2) is 9.12. The summed E-state index contributed by atoms with van der Waals surface area (Å²) in [5, 5.41) is 6.37. The third kappa shape index (κ3) is 5.94. The molecule has 2 rings (SSSR count). The number of nitrogens with one attached hydrogen (secondary N) is 2. The summed E-state index contributed by atoms with van der Waals surface area (Å²) in [5.74, 6) is 1.57. The molecule has 0 bridgehead atoms. The van der Waals surface area contributed by atoms with Crippen LogP contribution in [0.4, 0.5) is 10.1 Å². The van der Waals surface area contributed by atoms with E-state index in [1.54, 1.807) is 12.1 Å². The fourth-order valence-corrected chi connectivity index (χ4v) is 3.12. The van der Waals surface area contributed by atoms with E-state index in [-0.39, 0.29) is 5.82 Å². The van der Waals surface area contributed by atoms with Crippen LogP contribution in [0.5, 0.6) is 0 Å². The zero-order valence-corrected chi connectivity index (χ0v) is 15.0. The van der Waals surface area contributed by atoms with Gasteiger partial charge < -0.3 is 10.6 Å². The maximum Gasteiger partial charge on any atom is 0.170 e. The van der Waals surface area contributed by atoms with E-state index < -0.39 is 0 Å². The summed E-state index contributed by atoms with van der Waals surface area (Å²) in [6.45, 7) is 0.738. The first-order chi connectivity index (χ1) is 10.6. The number of benzene rings is 2. The Labute approximate surface area is 148 Å². The van der Waals surface area contributed by atoms with Gasteiger partial charge in [0.25, 0.3) is 0 Å². The van der Waals surface area contributed by atoms with Crippen molar-refractivity contribution in [1.82, 2.24) is 5.32 Å². The molecule has 0 unspecified atom stereocenters. The summed E-state index contributed by atoms with van der Waals surface area (Å²) in [4.78, 5) is 0. The zero-order chi connectivity index (χ0) is 15.8. The third-order valence-electron chi connectivity index (χ3n) is 2.82. The Hall–Kier alpha value is -1.11. The normalized spacial score (nSPS) is 10.3. The lowest BCUT2D eigenvalue weighted by atomic mass is 10.2. The molecule has 0 fully saturated rings. The Morgan fingerprint density at radius 1 is 1.18 bits per heavy atom. The van der Waals surface area contributed by atoms with E-state index >= 15 is 0 Å². The van der Waals surface area contributed by atoms with Gasteiger partial charge in [-0.15, -0.1) is 0 Å². The highest BCUT2D eigenvalue weighted by atomic mass is 79.9. The highest BCUT2D eigenvalue weighted by molar-refractivity contribution is 9.10. The standard InChI is InChI=1S/C16H16BrFN2S2/c17-13-6-7-15(14(18)10-13)20-16(21)19-8-9-22-11-12-4-2-1-3-5-12/h1-7,10H,8-9,11H2,(H2,19,20,21). The maximum atomic E-state index is 13.7.